The highest BCUT2D eigenvalue weighted by Crippen LogP contribution is 2.47. The minimum Gasteiger partial charge on any atom is -0.497 e. The van der Waals surface area contributed by atoms with Crippen molar-refractivity contribution < 1.29 is 14.2 Å². The summed E-state index contributed by atoms with van der Waals surface area (Å²) in [5.74, 6) is 1.97. The molecule has 36 heavy (non-hydrogen) atoms. The molecule has 0 spiro atoms. The Morgan fingerprint density at radius 2 is 1.81 bits per heavy atom. The van der Waals surface area contributed by atoms with Crippen LogP contribution in [0.4, 0.5) is 0 Å². The number of aromatic nitrogens is 2. The maximum atomic E-state index is 9.19. The molecule has 184 valence electrons. The van der Waals surface area contributed by atoms with Crippen molar-refractivity contribution >= 4 is 10.8 Å². The van der Waals surface area contributed by atoms with E-state index in [1.54, 1.807) is 13.4 Å². The average molecular weight is 483 g/mol. The highest BCUT2D eigenvalue weighted by atomic mass is 16.5. The van der Waals surface area contributed by atoms with Gasteiger partial charge in [-0.05, 0) is 29.5 Å². The maximum absolute atomic E-state index is 9.19. The van der Waals surface area contributed by atoms with Crippen molar-refractivity contribution in [3.05, 3.63) is 89.2 Å². The van der Waals surface area contributed by atoms with Crippen molar-refractivity contribution in [3.8, 4) is 17.4 Å². The number of methoxy groups -OCH3 is 1. The van der Waals surface area contributed by atoms with Gasteiger partial charge in [0.05, 0.1) is 25.9 Å². The van der Waals surface area contributed by atoms with Gasteiger partial charge in [0.2, 0.25) is 5.88 Å². The van der Waals surface area contributed by atoms with E-state index in [9.17, 15) is 5.41 Å². The number of benzene rings is 3. The van der Waals surface area contributed by atoms with Gasteiger partial charge in [0.1, 0.15) is 23.3 Å². The summed E-state index contributed by atoms with van der Waals surface area (Å²) in [6.45, 7) is 5.26. The van der Waals surface area contributed by atoms with Crippen molar-refractivity contribution in [3.63, 3.8) is 0 Å². The first-order chi connectivity index (χ1) is 17.7. The van der Waals surface area contributed by atoms with Gasteiger partial charge < -0.3 is 18.8 Å². The topological polar surface area (TPSA) is 72.6 Å². The van der Waals surface area contributed by atoms with Gasteiger partial charge in [-0.25, -0.2) is 4.98 Å². The Balaban J connectivity index is 1.41. The molecule has 1 saturated heterocycles. The van der Waals surface area contributed by atoms with Crippen LogP contribution in [-0.4, -0.2) is 54.4 Å². The summed E-state index contributed by atoms with van der Waals surface area (Å²) in [4.78, 5) is 7.14. The van der Waals surface area contributed by atoms with E-state index in [0.29, 0.717) is 11.4 Å². The molecule has 4 aromatic rings. The molecule has 1 atom stereocenters. The van der Waals surface area contributed by atoms with E-state index >= 15 is 0 Å². The second-order valence-electron chi connectivity index (χ2n) is 9.33. The first kappa shape index (κ1) is 22.8. The monoisotopic (exact) mass is 482 g/mol. The Morgan fingerprint density at radius 3 is 2.61 bits per heavy atom. The van der Waals surface area contributed by atoms with E-state index in [0.717, 1.165) is 84.8 Å². The number of morpholine rings is 1. The molecule has 7 heteroatoms. The van der Waals surface area contributed by atoms with Gasteiger partial charge in [0.25, 0.3) is 0 Å². The molecule has 2 aliphatic heterocycles. The number of hydrogen-bond acceptors (Lipinski definition) is 6. The van der Waals surface area contributed by atoms with Gasteiger partial charge in [-0.2, -0.15) is 0 Å². The molecule has 0 radical (unpaired) electrons. The molecule has 2 aliphatic rings. The lowest BCUT2D eigenvalue weighted by Crippen LogP contribution is -2.37. The largest absolute Gasteiger partial charge is 0.497 e. The van der Waals surface area contributed by atoms with Crippen LogP contribution in [0.3, 0.4) is 0 Å². The molecule has 0 unspecified atom stereocenters. The van der Waals surface area contributed by atoms with Crippen molar-refractivity contribution in [2.45, 2.75) is 18.9 Å². The van der Waals surface area contributed by atoms with Crippen LogP contribution < -0.4 is 15.0 Å². The Bertz CT molecular complexity index is 1440. The van der Waals surface area contributed by atoms with Gasteiger partial charge in [0, 0.05) is 43.0 Å². The van der Waals surface area contributed by atoms with Crippen molar-refractivity contribution in [1.82, 2.24) is 14.5 Å². The fraction of sp³-hybridized carbons (Fsp3) is 0.310. The van der Waals surface area contributed by atoms with Gasteiger partial charge in [0.15, 0.2) is 0 Å². The number of ether oxygens (including phenoxy) is 3. The lowest BCUT2D eigenvalue weighted by molar-refractivity contribution is 0.0369. The number of aryl methyl sites for hydroxylation is 1. The molecule has 1 aromatic heterocycles. The molecule has 3 heterocycles. The van der Waals surface area contributed by atoms with Crippen LogP contribution in [0.25, 0.3) is 10.8 Å². The van der Waals surface area contributed by atoms with E-state index in [2.05, 4.69) is 41.3 Å². The van der Waals surface area contributed by atoms with E-state index < -0.39 is 0 Å². The van der Waals surface area contributed by atoms with Crippen molar-refractivity contribution in [2.75, 3.05) is 40.0 Å². The molecule has 3 aromatic carbocycles. The third-order valence-electron chi connectivity index (χ3n) is 7.22. The maximum Gasteiger partial charge on any atom is 0.228 e. The second kappa shape index (κ2) is 9.76. The van der Waals surface area contributed by atoms with E-state index in [4.69, 9.17) is 19.2 Å². The lowest BCUT2D eigenvalue weighted by Gasteiger charge is -2.30. The number of nitrogens with zero attached hydrogens (tertiary/aromatic N) is 3. The lowest BCUT2D eigenvalue weighted by atomic mass is 9.83. The van der Waals surface area contributed by atoms with Crippen LogP contribution >= 0.6 is 0 Å². The third kappa shape index (κ3) is 4.14. The van der Waals surface area contributed by atoms with Crippen LogP contribution in [0.15, 0.2) is 67.0 Å². The van der Waals surface area contributed by atoms with Gasteiger partial charge >= 0.3 is 0 Å². The summed E-state index contributed by atoms with van der Waals surface area (Å²) >= 11 is 0. The van der Waals surface area contributed by atoms with E-state index in [1.807, 2.05) is 28.8 Å². The number of fused-ring (bicyclic) bond motifs is 4. The first-order valence-corrected chi connectivity index (χ1v) is 12.5. The number of rotatable bonds is 6. The standard InChI is InChI=1S/C29H30N4O3/c1-34-22-10-7-21(8-11-22)25-24-12-9-20-5-2-3-6-23(20)27(24)36-29-26(25)28(30)33(19-31-29)14-4-13-32-15-17-35-18-16-32/h2-3,5-12,19,25,30H,4,13-18H2,1H3/t25-/m1/s1. The van der Waals surface area contributed by atoms with Gasteiger partial charge in [-0.15, -0.1) is 0 Å². The molecule has 7 nitrogen and oxygen atoms in total. The summed E-state index contributed by atoms with van der Waals surface area (Å²) in [6, 6.07) is 20.6. The van der Waals surface area contributed by atoms with Gasteiger partial charge in [-0.1, -0.05) is 48.5 Å². The van der Waals surface area contributed by atoms with Crippen LogP contribution in [-0.2, 0) is 11.3 Å². The SMILES string of the molecule is COc1ccc([C@@H]2c3ccc4ccccc4c3Oc3ncn(CCCN4CCOCC4)c(=N)c32)cc1. The molecular formula is C29H30N4O3. The Kier molecular flexibility index (Phi) is 6.17. The van der Waals surface area contributed by atoms with Crippen LogP contribution in [0.5, 0.6) is 17.4 Å². The zero-order valence-corrected chi connectivity index (χ0v) is 20.4. The summed E-state index contributed by atoms with van der Waals surface area (Å²) in [5.41, 5.74) is 3.38. The average Bonchev–Trinajstić information content (AvgIpc) is 2.94. The Hall–Kier alpha value is -3.68. The minimum absolute atomic E-state index is 0.161. The third-order valence-corrected chi connectivity index (χ3v) is 7.22. The summed E-state index contributed by atoms with van der Waals surface area (Å²) in [6.07, 6.45) is 2.70. The molecule has 1 fully saturated rings. The molecule has 0 amide bonds. The zero-order chi connectivity index (χ0) is 24.5. The van der Waals surface area contributed by atoms with Gasteiger partial charge in [-0.3, -0.25) is 10.3 Å². The predicted octanol–water partition coefficient (Wildman–Crippen LogP) is 4.53. The van der Waals surface area contributed by atoms with Crippen LogP contribution in [0, 0.1) is 5.41 Å². The summed E-state index contributed by atoms with van der Waals surface area (Å²) in [5, 5.41) is 11.4. The highest BCUT2D eigenvalue weighted by Gasteiger charge is 2.33. The normalized spacial score (nSPS) is 17.3. The number of nitrogens with one attached hydrogen (secondary N) is 1. The van der Waals surface area contributed by atoms with E-state index in [-0.39, 0.29) is 5.92 Å². The fourth-order valence-corrected chi connectivity index (χ4v) is 5.30. The van der Waals surface area contributed by atoms with E-state index in [1.165, 1.54) is 0 Å². The summed E-state index contributed by atoms with van der Waals surface area (Å²) in [7, 11) is 1.67. The number of hydrogen-bond donors (Lipinski definition) is 1. The predicted molar refractivity (Wildman–Crippen MR) is 138 cm³/mol. The Labute approximate surface area is 210 Å². The Morgan fingerprint density at radius 1 is 1.00 bits per heavy atom. The van der Waals surface area contributed by atoms with Crippen molar-refractivity contribution in [1.29, 1.82) is 5.41 Å². The summed E-state index contributed by atoms with van der Waals surface area (Å²) < 4.78 is 19.2. The molecule has 6 rings (SSSR count). The minimum atomic E-state index is -0.161. The second-order valence-corrected chi connectivity index (χ2v) is 9.33. The molecule has 0 saturated carbocycles. The molecule has 0 bridgehead atoms. The smallest absolute Gasteiger partial charge is 0.228 e. The fourth-order valence-electron chi connectivity index (χ4n) is 5.30. The van der Waals surface area contributed by atoms with Crippen LogP contribution in [0.2, 0.25) is 0 Å². The van der Waals surface area contributed by atoms with Crippen molar-refractivity contribution in [2.24, 2.45) is 0 Å². The highest BCUT2D eigenvalue weighted by molar-refractivity contribution is 5.91. The zero-order valence-electron chi connectivity index (χ0n) is 20.4. The first-order valence-electron chi connectivity index (χ1n) is 12.5. The molecular weight excluding hydrogens is 452 g/mol. The van der Waals surface area contributed by atoms with Crippen LogP contribution in [0.1, 0.15) is 29.0 Å². The quantitative estimate of drug-likeness (QED) is 0.385. The molecule has 0 aliphatic carbocycles. The molecule has 1 N–H and O–H groups in total.